The number of aliphatic carboxylic acids is 1. The third kappa shape index (κ3) is 3.12. The molecule has 20 heavy (non-hydrogen) atoms. The molecule has 0 unspecified atom stereocenters. The van der Waals surface area contributed by atoms with E-state index in [1.54, 1.807) is 39.0 Å². The molecule has 0 heterocycles. The summed E-state index contributed by atoms with van der Waals surface area (Å²) in [5.74, 6) is -1.00. The van der Waals surface area contributed by atoms with Gasteiger partial charge in [-0.15, -0.1) is 0 Å². The van der Waals surface area contributed by atoms with E-state index in [0.717, 1.165) is 0 Å². The molecule has 2 N–H and O–H groups in total. The van der Waals surface area contributed by atoms with Gasteiger partial charge in [-0.3, -0.25) is 0 Å². The molecule has 0 bridgehead atoms. The van der Waals surface area contributed by atoms with Crippen molar-refractivity contribution in [2.24, 2.45) is 0 Å². The van der Waals surface area contributed by atoms with E-state index >= 15 is 0 Å². The number of hydrogen-bond acceptors (Lipinski definition) is 4. The Kier molecular flexibility index (Phi) is 5.16. The van der Waals surface area contributed by atoms with Gasteiger partial charge in [0.2, 0.25) is 0 Å². The lowest BCUT2D eigenvalue weighted by Gasteiger charge is -2.30. The Morgan fingerprint density at radius 3 is 2.20 bits per heavy atom. The first-order valence-electron chi connectivity index (χ1n) is 6.66. The van der Waals surface area contributed by atoms with Crippen molar-refractivity contribution in [2.75, 3.05) is 11.1 Å². The maximum atomic E-state index is 12.1. The van der Waals surface area contributed by atoms with Crippen LogP contribution < -0.4 is 5.32 Å². The van der Waals surface area contributed by atoms with Gasteiger partial charge in [-0.1, -0.05) is 32.9 Å². The maximum Gasteiger partial charge on any atom is 0.329 e. The van der Waals surface area contributed by atoms with Gasteiger partial charge in [0.1, 0.15) is 5.54 Å². The average Bonchev–Trinajstić information content (AvgIpc) is 2.44. The zero-order chi connectivity index (χ0) is 15.4. The summed E-state index contributed by atoms with van der Waals surface area (Å²) in [6, 6.07) is 6.42. The topological polar surface area (TPSA) is 83.5 Å². The third-order valence-electron chi connectivity index (χ3n) is 3.59. The van der Waals surface area contributed by atoms with Gasteiger partial charge in [-0.2, -0.15) is 0 Å². The molecule has 0 spiro atoms. The van der Waals surface area contributed by atoms with Crippen molar-refractivity contribution < 1.29 is 18.3 Å². The van der Waals surface area contributed by atoms with Gasteiger partial charge >= 0.3 is 5.97 Å². The van der Waals surface area contributed by atoms with Crippen LogP contribution in [0, 0.1) is 0 Å². The predicted molar refractivity (Wildman–Crippen MR) is 78.7 cm³/mol. The molecule has 0 amide bonds. The number of carbonyl (C=O) groups is 1. The molecule has 0 aliphatic carbocycles. The highest BCUT2D eigenvalue weighted by atomic mass is 32.2. The molecule has 0 aromatic heterocycles. The van der Waals surface area contributed by atoms with Crippen molar-refractivity contribution in [1.29, 1.82) is 0 Å². The first-order chi connectivity index (χ1) is 9.33. The molecule has 6 heteroatoms. The normalized spacial score (nSPS) is 12.2. The fraction of sp³-hybridized carbons (Fsp3) is 0.500. The van der Waals surface area contributed by atoms with Crippen molar-refractivity contribution in [3.63, 3.8) is 0 Å². The highest BCUT2D eigenvalue weighted by Crippen LogP contribution is 2.28. The zero-order valence-corrected chi connectivity index (χ0v) is 12.8. The molecule has 0 saturated heterocycles. The summed E-state index contributed by atoms with van der Waals surface area (Å²) >= 11 is 0. The van der Waals surface area contributed by atoms with E-state index in [1.165, 1.54) is 6.07 Å². The van der Waals surface area contributed by atoms with Gasteiger partial charge in [-0.25, -0.2) is 13.2 Å². The van der Waals surface area contributed by atoms with E-state index in [9.17, 15) is 18.3 Å². The van der Waals surface area contributed by atoms with Crippen LogP contribution in [0.15, 0.2) is 29.2 Å². The number of carboxylic acid groups (broad SMARTS) is 1. The number of hydrogen-bond donors (Lipinski definition) is 2. The molecular weight excluding hydrogens is 278 g/mol. The van der Waals surface area contributed by atoms with Crippen molar-refractivity contribution >= 4 is 21.5 Å². The number of sulfone groups is 1. The van der Waals surface area contributed by atoms with Crippen molar-refractivity contribution in [3.8, 4) is 0 Å². The van der Waals surface area contributed by atoms with Crippen LogP contribution in [-0.2, 0) is 14.6 Å². The molecular formula is C14H21NO4S. The fourth-order valence-corrected chi connectivity index (χ4v) is 3.09. The lowest BCUT2D eigenvalue weighted by molar-refractivity contribution is -0.142. The van der Waals surface area contributed by atoms with Crippen molar-refractivity contribution in [3.05, 3.63) is 24.3 Å². The summed E-state index contributed by atoms with van der Waals surface area (Å²) in [4.78, 5) is 11.7. The zero-order valence-electron chi connectivity index (χ0n) is 12.0. The number of carboxylic acids is 1. The SMILES string of the molecule is CCC(CC)(Nc1ccccc1S(=O)(=O)CC)C(=O)O. The van der Waals surface area contributed by atoms with Crippen LogP contribution in [0.25, 0.3) is 0 Å². The Morgan fingerprint density at radius 2 is 1.75 bits per heavy atom. The largest absolute Gasteiger partial charge is 0.480 e. The third-order valence-corrected chi connectivity index (χ3v) is 5.38. The van der Waals surface area contributed by atoms with E-state index < -0.39 is 21.3 Å². The molecule has 5 nitrogen and oxygen atoms in total. The van der Waals surface area contributed by atoms with Gasteiger partial charge in [0.15, 0.2) is 9.84 Å². The number of para-hydroxylation sites is 1. The van der Waals surface area contributed by atoms with Crippen LogP contribution in [-0.4, -0.2) is 30.8 Å². The fourth-order valence-electron chi connectivity index (χ4n) is 2.04. The maximum absolute atomic E-state index is 12.1. The van der Waals surface area contributed by atoms with Crippen molar-refractivity contribution in [2.45, 2.75) is 44.0 Å². The number of benzene rings is 1. The second-order valence-corrected chi connectivity index (χ2v) is 6.87. The summed E-state index contributed by atoms with van der Waals surface area (Å²) < 4.78 is 24.1. The molecule has 1 aromatic carbocycles. The number of rotatable bonds is 7. The summed E-state index contributed by atoms with van der Waals surface area (Å²) in [7, 11) is -3.40. The van der Waals surface area contributed by atoms with E-state index in [-0.39, 0.29) is 10.6 Å². The van der Waals surface area contributed by atoms with Crippen LogP contribution in [0.2, 0.25) is 0 Å². The Balaban J connectivity index is 3.32. The molecule has 0 aliphatic heterocycles. The van der Waals surface area contributed by atoms with E-state index in [0.29, 0.717) is 18.5 Å². The second-order valence-electron chi connectivity index (χ2n) is 4.62. The van der Waals surface area contributed by atoms with Crippen LogP contribution in [0.5, 0.6) is 0 Å². The first kappa shape index (κ1) is 16.5. The van der Waals surface area contributed by atoms with Crippen LogP contribution >= 0.6 is 0 Å². The van der Waals surface area contributed by atoms with E-state index in [1.807, 2.05) is 0 Å². The van der Waals surface area contributed by atoms with Crippen LogP contribution in [0.4, 0.5) is 5.69 Å². The van der Waals surface area contributed by atoms with Gasteiger partial charge < -0.3 is 10.4 Å². The average molecular weight is 299 g/mol. The van der Waals surface area contributed by atoms with E-state index in [4.69, 9.17) is 0 Å². The monoisotopic (exact) mass is 299 g/mol. The molecule has 0 saturated carbocycles. The highest BCUT2D eigenvalue weighted by Gasteiger charge is 2.35. The molecule has 112 valence electrons. The lowest BCUT2D eigenvalue weighted by Crippen LogP contribution is -2.45. The molecule has 0 aliphatic rings. The standard InChI is InChI=1S/C14H21NO4S/c1-4-14(5-2,13(16)17)15-11-9-7-8-10-12(11)20(18,19)6-3/h7-10,15H,4-6H2,1-3H3,(H,16,17). The Morgan fingerprint density at radius 1 is 1.20 bits per heavy atom. The van der Waals surface area contributed by atoms with E-state index in [2.05, 4.69) is 5.32 Å². The minimum Gasteiger partial charge on any atom is -0.480 e. The highest BCUT2D eigenvalue weighted by molar-refractivity contribution is 7.91. The lowest BCUT2D eigenvalue weighted by atomic mass is 9.92. The summed E-state index contributed by atoms with van der Waals surface area (Å²) in [6.07, 6.45) is 0.721. The minimum absolute atomic E-state index is 0.0238. The summed E-state index contributed by atoms with van der Waals surface area (Å²) in [5.41, 5.74) is -0.806. The van der Waals surface area contributed by atoms with Crippen molar-refractivity contribution in [1.82, 2.24) is 0 Å². The van der Waals surface area contributed by atoms with Crippen LogP contribution in [0.3, 0.4) is 0 Å². The molecule has 1 rings (SSSR count). The van der Waals surface area contributed by atoms with Crippen LogP contribution in [0.1, 0.15) is 33.6 Å². The Hall–Kier alpha value is -1.56. The second kappa shape index (κ2) is 6.26. The first-order valence-corrected chi connectivity index (χ1v) is 8.31. The molecule has 0 atom stereocenters. The van der Waals surface area contributed by atoms with Gasteiger partial charge in [0, 0.05) is 0 Å². The van der Waals surface area contributed by atoms with Gasteiger partial charge in [0.25, 0.3) is 0 Å². The molecule has 1 aromatic rings. The number of nitrogens with one attached hydrogen (secondary N) is 1. The smallest absolute Gasteiger partial charge is 0.329 e. The minimum atomic E-state index is -3.40. The quantitative estimate of drug-likeness (QED) is 0.808. The molecule has 0 radical (unpaired) electrons. The Bertz CT molecular complexity index is 577. The predicted octanol–water partition coefficient (Wildman–Crippen LogP) is 2.54. The summed E-state index contributed by atoms with van der Waals surface area (Å²) in [5, 5.41) is 12.3. The summed E-state index contributed by atoms with van der Waals surface area (Å²) in [6.45, 7) is 5.10. The van der Waals surface area contributed by atoms with Gasteiger partial charge in [-0.05, 0) is 25.0 Å². The Labute approximate surface area is 119 Å². The van der Waals surface area contributed by atoms with Gasteiger partial charge in [0.05, 0.1) is 16.3 Å². The molecule has 0 fully saturated rings. The number of anilines is 1.